The van der Waals surface area contributed by atoms with Gasteiger partial charge in [0.15, 0.2) is 17.1 Å². The number of thiol groups is 1. The lowest BCUT2D eigenvalue weighted by Crippen LogP contribution is -2.35. The summed E-state index contributed by atoms with van der Waals surface area (Å²) < 4.78 is 18.4. The number of methoxy groups -OCH3 is 3. The second kappa shape index (κ2) is 10.4. The number of nitrogens with one attached hydrogen (secondary N) is 1. The van der Waals surface area contributed by atoms with E-state index in [2.05, 4.69) is 38.2 Å². The zero-order chi connectivity index (χ0) is 24.1. The maximum absolute atomic E-state index is 12.1. The van der Waals surface area contributed by atoms with Crippen molar-refractivity contribution in [3.8, 4) is 22.8 Å². The van der Waals surface area contributed by atoms with Crippen LogP contribution in [0.25, 0.3) is 22.4 Å². The number of carbonyl (C=O) groups is 1. The normalized spacial score (nSPS) is 10.8. The Kier molecular flexibility index (Phi) is 7.09. The van der Waals surface area contributed by atoms with Crippen LogP contribution in [0.15, 0.2) is 48.9 Å². The molecule has 0 saturated heterocycles. The summed E-state index contributed by atoms with van der Waals surface area (Å²) in [4.78, 5) is 25.6. The van der Waals surface area contributed by atoms with Gasteiger partial charge in [0.1, 0.15) is 18.1 Å². The first-order valence-corrected chi connectivity index (χ1v) is 10.6. The predicted octanol–water partition coefficient (Wildman–Crippen LogP) is 2.92. The van der Waals surface area contributed by atoms with E-state index in [-0.39, 0.29) is 6.73 Å². The van der Waals surface area contributed by atoms with E-state index in [9.17, 15) is 4.79 Å². The van der Waals surface area contributed by atoms with E-state index in [1.165, 1.54) is 7.11 Å². The first-order chi connectivity index (χ1) is 16.5. The fraction of sp³-hybridized carbons (Fsp3) is 0.227. The van der Waals surface area contributed by atoms with E-state index >= 15 is 0 Å². The summed E-state index contributed by atoms with van der Waals surface area (Å²) in [5.41, 5.74) is 3.35. The van der Waals surface area contributed by atoms with Crippen LogP contribution in [0.4, 0.5) is 10.6 Å². The number of nitrogens with zero attached hydrogens (tertiary/aromatic N) is 6. The molecule has 34 heavy (non-hydrogen) atoms. The smallest absolute Gasteiger partial charge is 0.334 e. The summed E-state index contributed by atoms with van der Waals surface area (Å²) in [5, 5.41) is 6.97. The summed E-state index contributed by atoms with van der Waals surface area (Å²) in [6.07, 6.45) is 5.24. The average Bonchev–Trinajstić information content (AvgIpc) is 3.34. The molecule has 4 aromatic rings. The van der Waals surface area contributed by atoms with Gasteiger partial charge in [-0.1, -0.05) is 18.9 Å². The van der Waals surface area contributed by atoms with Gasteiger partial charge in [-0.3, -0.25) is 9.67 Å². The van der Waals surface area contributed by atoms with Gasteiger partial charge in [-0.2, -0.15) is 5.10 Å². The Morgan fingerprint density at radius 3 is 2.68 bits per heavy atom. The summed E-state index contributed by atoms with van der Waals surface area (Å²) in [6, 6.07) is 8.61. The van der Waals surface area contributed by atoms with Gasteiger partial charge in [-0.15, -0.1) is 0 Å². The lowest BCUT2D eigenvalue weighted by atomic mass is 10.2. The minimum atomic E-state index is -0.474. The van der Waals surface area contributed by atoms with Crippen molar-refractivity contribution in [2.45, 2.75) is 6.54 Å². The number of hydrogen-bond acceptors (Lipinski definition) is 9. The lowest BCUT2D eigenvalue weighted by Gasteiger charge is -2.15. The van der Waals surface area contributed by atoms with E-state index in [0.717, 1.165) is 15.4 Å². The summed E-state index contributed by atoms with van der Waals surface area (Å²) >= 11 is 4.21. The maximum Gasteiger partial charge on any atom is 0.334 e. The number of fused-ring (bicyclic) bond motifs is 1. The average molecular weight is 482 g/mol. The fourth-order valence-corrected chi connectivity index (χ4v) is 3.39. The molecule has 0 aliphatic heterocycles. The molecule has 0 atom stereocenters. The van der Waals surface area contributed by atoms with Crippen LogP contribution in [0.3, 0.4) is 0 Å². The fourth-order valence-electron chi connectivity index (χ4n) is 3.21. The van der Waals surface area contributed by atoms with Crippen LogP contribution in [0, 0.1) is 0 Å². The van der Waals surface area contributed by atoms with Crippen molar-refractivity contribution in [3.63, 3.8) is 0 Å². The molecule has 0 unspecified atom stereocenters. The molecule has 11 nitrogen and oxygen atoms in total. The molecule has 3 heterocycles. The molecule has 1 aromatic carbocycles. The lowest BCUT2D eigenvalue weighted by molar-refractivity contribution is 0.176. The van der Waals surface area contributed by atoms with Crippen molar-refractivity contribution >= 4 is 35.8 Å². The molecule has 2 amide bonds. The third kappa shape index (κ3) is 5.02. The third-order valence-corrected chi connectivity index (χ3v) is 5.28. The number of rotatable bonds is 8. The molecule has 4 rings (SSSR count). The van der Waals surface area contributed by atoms with Gasteiger partial charge in [-0.05, 0) is 29.8 Å². The van der Waals surface area contributed by atoms with E-state index in [1.807, 2.05) is 24.4 Å². The molecule has 0 fully saturated rings. The first kappa shape index (κ1) is 23.3. The monoisotopic (exact) mass is 481 g/mol. The van der Waals surface area contributed by atoms with Crippen LogP contribution in [-0.2, 0) is 11.3 Å². The van der Waals surface area contributed by atoms with Crippen molar-refractivity contribution in [1.82, 2.24) is 30.0 Å². The van der Waals surface area contributed by atoms with E-state index in [0.29, 0.717) is 40.7 Å². The SMILES string of the molecule is COCNC(=O)N(S)c1ccc2ncc(-c3cnn(Cc4ccc(OC)c(OC)c4)c3)nc2n1. The van der Waals surface area contributed by atoms with Crippen molar-refractivity contribution in [2.75, 3.05) is 32.4 Å². The molecule has 0 spiro atoms. The van der Waals surface area contributed by atoms with Crippen LogP contribution in [0.1, 0.15) is 5.56 Å². The topological polar surface area (TPSA) is 117 Å². The molecule has 0 aliphatic rings. The molecule has 0 saturated carbocycles. The van der Waals surface area contributed by atoms with Gasteiger partial charge in [0.05, 0.1) is 38.9 Å². The number of anilines is 1. The Balaban J connectivity index is 1.55. The standard InChI is InChI=1S/C22H23N7O4S/c1-31-13-24-22(30)29(34)20-7-5-16-21(27-20)26-17(10-23-16)15-9-25-28(12-15)11-14-4-6-18(32-2)19(8-14)33-3/h4-10,12,34H,11,13H2,1-3H3,(H,24,30). The van der Waals surface area contributed by atoms with Crippen molar-refractivity contribution in [1.29, 1.82) is 0 Å². The minimum absolute atomic E-state index is 0.0563. The second-order valence-corrected chi connectivity index (χ2v) is 7.51. The van der Waals surface area contributed by atoms with E-state index in [1.54, 1.807) is 43.4 Å². The number of aromatic nitrogens is 5. The number of hydrogen-bond donors (Lipinski definition) is 2. The Hall–Kier alpha value is -3.90. The highest BCUT2D eigenvalue weighted by atomic mass is 32.1. The number of benzene rings is 1. The molecular formula is C22H23N7O4S. The Morgan fingerprint density at radius 1 is 1.09 bits per heavy atom. The maximum atomic E-state index is 12.1. The molecule has 12 heteroatoms. The summed E-state index contributed by atoms with van der Waals surface area (Å²) in [6.45, 7) is 0.593. The quantitative estimate of drug-likeness (QED) is 0.292. The highest BCUT2D eigenvalue weighted by molar-refractivity contribution is 7.82. The third-order valence-electron chi connectivity index (χ3n) is 4.89. The van der Waals surface area contributed by atoms with E-state index < -0.39 is 6.03 Å². The predicted molar refractivity (Wildman–Crippen MR) is 129 cm³/mol. The molecule has 0 aliphatic carbocycles. The van der Waals surface area contributed by atoms with Crippen LogP contribution < -0.4 is 19.1 Å². The second-order valence-electron chi connectivity index (χ2n) is 7.11. The molecular weight excluding hydrogens is 458 g/mol. The van der Waals surface area contributed by atoms with Gasteiger partial charge in [0.2, 0.25) is 0 Å². The van der Waals surface area contributed by atoms with Crippen LogP contribution >= 0.6 is 12.8 Å². The summed E-state index contributed by atoms with van der Waals surface area (Å²) in [7, 11) is 4.68. The molecule has 1 N–H and O–H groups in total. The number of pyridine rings is 1. The van der Waals surface area contributed by atoms with Crippen molar-refractivity contribution < 1.29 is 19.0 Å². The number of urea groups is 1. The molecule has 176 valence electrons. The first-order valence-electron chi connectivity index (χ1n) is 10.2. The van der Waals surface area contributed by atoms with Gasteiger partial charge in [0, 0.05) is 18.9 Å². The van der Waals surface area contributed by atoms with Gasteiger partial charge in [0.25, 0.3) is 0 Å². The Bertz CT molecular complexity index is 1310. The highest BCUT2D eigenvalue weighted by Gasteiger charge is 2.15. The number of ether oxygens (including phenoxy) is 3. The van der Waals surface area contributed by atoms with Crippen molar-refractivity contribution in [3.05, 3.63) is 54.5 Å². The van der Waals surface area contributed by atoms with E-state index in [4.69, 9.17) is 14.2 Å². The van der Waals surface area contributed by atoms with Crippen LogP contribution in [-0.4, -0.2) is 58.8 Å². The zero-order valence-corrected chi connectivity index (χ0v) is 19.7. The largest absolute Gasteiger partial charge is 0.493 e. The Labute approximate surface area is 201 Å². The number of amides is 2. The molecule has 3 aromatic heterocycles. The molecule has 0 bridgehead atoms. The van der Waals surface area contributed by atoms with Crippen molar-refractivity contribution in [2.24, 2.45) is 0 Å². The van der Waals surface area contributed by atoms with Crippen LogP contribution in [0.5, 0.6) is 11.5 Å². The zero-order valence-electron chi connectivity index (χ0n) is 18.8. The van der Waals surface area contributed by atoms with Gasteiger partial charge in [-0.25, -0.2) is 19.1 Å². The van der Waals surface area contributed by atoms with Gasteiger partial charge < -0.3 is 19.5 Å². The molecule has 0 radical (unpaired) electrons. The highest BCUT2D eigenvalue weighted by Crippen LogP contribution is 2.28. The minimum Gasteiger partial charge on any atom is -0.493 e. The number of carbonyl (C=O) groups excluding carboxylic acids is 1. The summed E-state index contributed by atoms with van der Waals surface area (Å²) in [5.74, 6) is 1.63. The van der Waals surface area contributed by atoms with Crippen LogP contribution in [0.2, 0.25) is 0 Å². The van der Waals surface area contributed by atoms with Gasteiger partial charge >= 0.3 is 6.03 Å². The Morgan fingerprint density at radius 2 is 1.91 bits per heavy atom.